The Balaban J connectivity index is 1.96. The van der Waals surface area contributed by atoms with E-state index in [2.05, 4.69) is 31.2 Å². The molecule has 2 rings (SSSR count). The van der Waals surface area contributed by atoms with Crippen LogP contribution in [0.4, 0.5) is 0 Å². The molecule has 0 spiro atoms. The first kappa shape index (κ1) is 15.9. The van der Waals surface area contributed by atoms with Gasteiger partial charge in [-0.15, -0.1) is 0 Å². The zero-order valence-electron chi connectivity index (χ0n) is 11.6. The zero-order valence-corrected chi connectivity index (χ0v) is 13.9. The second-order valence-electron chi connectivity index (χ2n) is 4.54. The summed E-state index contributed by atoms with van der Waals surface area (Å²) < 4.78 is 6.33. The Labute approximate surface area is 136 Å². The summed E-state index contributed by atoms with van der Waals surface area (Å²) in [6.45, 7) is 3.53. The molecule has 1 amide bonds. The molecule has 0 aliphatic carbocycles. The van der Waals surface area contributed by atoms with Gasteiger partial charge in [0.15, 0.2) is 6.10 Å². The third kappa shape index (κ3) is 4.22. The van der Waals surface area contributed by atoms with Gasteiger partial charge >= 0.3 is 0 Å². The van der Waals surface area contributed by atoms with Crippen molar-refractivity contribution in [1.82, 2.24) is 15.3 Å². The number of halogens is 2. The van der Waals surface area contributed by atoms with Gasteiger partial charge in [0.05, 0.1) is 10.5 Å². The molecule has 1 heterocycles. The summed E-state index contributed by atoms with van der Waals surface area (Å²) in [6.07, 6.45) is 2.71. The molecule has 5 nitrogen and oxygen atoms in total. The van der Waals surface area contributed by atoms with Crippen LogP contribution in [0.25, 0.3) is 0 Å². The lowest BCUT2D eigenvalue weighted by Gasteiger charge is -2.18. The molecule has 0 radical (unpaired) electrons. The zero-order chi connectivity index (χ0) is 15.4. The highest BCUT2D eigenvalue weighted by molar-refractivity contribution is 9.10. The Morgan fingerprint density at radius 2 is 2.24 bits per heavy atom. The number of hydrogen-bond donors (Lipinski definition) is 2. The number of imidazole rings is 1. The maximum atomic E-state index is 12.1. The highest BCUT2D eigenvalue weighted by Gasteiger charge is 2.19. The number of hydrogen-bond acceptors (Lipinski definition) is 3. The van der Waals surface area contributed by atoms with Crippen LogP contribution >= 0.6 is 27.5 Å². The van der Waals surface area contributed by atoms with Gasteiger partial charge in [-0.25, -0.2) is 4.98 Å². The lowest BCUT2D eigenvalue weighted by Crippen LogP contribution is -2.38. The molecule has 7 heteroatoms. The van der Waals surface area contributed by atoms with Gasteiger partial charge in [-0.1, -0.05) is 11.6 Å². The number of carbonyl (C=O) groups excluding carboxylic acids is 1. The fourth-order valence-electron chi connectivity index (χ4n) is 1.73. The number of ether oxygens (including phenoxy) is 1. The van der Waals surface area contributed by atoms with Crippen molar-refractivity contribution in [2.75, 3.05) is 0 Å². The van der Waals surface area contributed by atoms with Crippen molar-refractivity contribution in [2.24, 2.45) is 0 Å². The molecule has 2 unspecified atom stereocenters. The van der Waals surface area contributed by atoms with Gasteiger partial charge in [0.2, 0.25) is 0 Å². The molecule has 0 fully saturated rings. The molecule has 112 valence electrons. The number of nitrogens with one attached hydrogen (secondary N) is 2. The minimum Gasteiger partial charge on any atom is -0.480 e. The summed E-state index contributed by atoms with van der Waals surface area (Å²) in [7, 11) is 0. The summed E-state index contributed by atoms with van der Waals surface area (Å²) in [5, 5.41) is 3.43. The molecular weight excluding hydrogens is 358 g/mol. The predicted molar refractivity (Wildman–Crippen MR) is 84.4 cm³/mol. The monoisotopic (exact) mass is 371 g/mol. The van der Waals surface area contributed by atoms with Crippen LogP contribution in [0.15, 0.2) is 35.1 Å². The van der Waals surface area contributed by atoms with Crippen LogP contribution < -0.4 is 10.1 Å². The molecule has 0 aliphatic rings. The Hall–Kier alpha value is -1.53. The number of rotatable bonds is 5. The first-order valence-corrected chi connectivity index (χ1v) is 7.56. The first-order valence-electron chi connectivity index (χ1n) is 6.38. The van der Waals surface area contributed by atoms with Crippen LogP contribution in [-0.2, 0) is 4.79 Å². The normalized spacial score (nSPS) is 13.5. The van der Waals surface area contributed by atoms with Crippen LogP contribution in [0.1, 0.15) is 25.7 Å². The smallest absolute Gasteiger partial charge is 0.261 e. The number of benzene rings is 1. The Morgan fingerprint density at radius 3 is 2.86 bits per heavy atom. The van der Waals surface area contributed by atoms with Crippen molar-refractivity contribution in [3.8, 4) is 5.75 Å². The molecule has 0 saturated carbocycles. The lowest BCUT2D eigenvalue weighted by molar-refractivity contribution is -0.128. The van der Waals surface area contributed by atoms with Crippen molar-refractivity contribution in [1.29, 1.82) is 0 Å². The molecule has 0 aliphatic heterocycles. The highest BCUT2D eigenvalue weighted by Crippen LogP contribution is 2.28. The molecule has 2 aromatic rings. The average molecular weight is 373 g/mol. The lowest BCUT2D eigenvalue weighted by atomic mass is 10.2. The standard InChI is InChI=1S/C14H15BrClN3O2/c1-8(13-17-5-6-18-13)19-14(20)9(2)21-12-4-3-10(16)7-11(12)15/h3-9H,1-2H3,(H,17,18)(H,19,20). The van der Waals surface area contributed by atoms with E-state index < -0.39 is 6.10 Å². The molecule has 1 aromatic heterocycles. The largest absolute Gasteiger partial charge is 0.480 e. The average Bonchev–Trinajstić information content (AvgIpc) is 2.95. The molecule has 1 aromatic carbocycles. The second kappa shape index (κ2) is 6.95. The third-order valence-electron chi connectivity index (χ3n) is 2.86. The summed E-state index contributed by atoms with van der Waals surface area (Å²) in [4.78, 5) is 19.2. The van der Waals surface area contributed by atoms with Crippen LogP contribution in [0, 0.1) is 0 Å². The van der Waals surface area contributed by atoms with Gasteiger partial charge in [-0.3, -0.25) is 4.79 Å². The van der Waals surface area contributed by atoms with Gasteiger partial charge in [0.25, 0.3) is 5.91 Å². The molecule has 21 heavy (non-hydrogen) atoms. The van der Waals surface area contributed by atoms with Crippen molar-refractivity contribution in [3.05, 3.63) is 45.9 Å². The van der Waals surface area contributed by atoms with E-state index in [1.165, 1.54) is 0 Å². The van der Waals surface area contributed by atoms with E-state index in [1.54, 1.807) is 37.5 Å². The van der Waals surface area contributed by atoms with Crippen molar-refractivity contribution >= 4 is 33.4 Å². The Kier molecular flexibility index (Phi) is 5.25. The Bertz CT molecular complexity index is 619. The van der Waals surface area contributed by atoms with Crippen LogP contribution in [0.2, 0.25) is 5.02 Å². The van der Waals surface area contributed by atoms with E-state index in [4.69, 9.17) is 16.3 Å². The van der Waals surface area contributed by atoms with E-state index in [-0.39, 0.29) is 11.9 Å². The molecule has 0 saturated heterocycles. The number of carbonyl (C=O) groups is 1. The van der Waals surface area contributed by atoms with Crippen molar-refractivity contribution in [2.45, 2.75) is 26.0 Å². The van der Waals surface area contributed by atoms with E-state index in [1.807, 2.05) is 6.92 Å². The van der Waals surface area contributed by atoms with E-state index >= 15 is 0 Å². The predicted octanol–water partition coefficient (Wildman–Crippen LogP) is 3.47. The van der Waals surface area contributed by atoms with Gasteiger partial charge in [-0.05, 0) is 48.0 Å². The molecule has 2 atom stereocenters. The molecule has 0 bridgehead atoms. The SMILES string of the molecule is CC(Oc1ccc(Cl)cc1Br)C(=O)NC(C)c1ncc[nH]1. The van der Waals surface area contributed by atoms with Crippen LogP contribution in [0.3, 0.4) is 0 Å². The summed E-state index contributed by atoms with van der Waals surface area (Å²) in [5.41, 5.74) is 0. The second-order valence-corrected chi connectivity index (χ2v) is 5.83. The summed E-state index contributed by atoms with van der Waals surface area (Å²) in [6, 6.07) is 4.92. The van der Waals surface area contributed by atoms with Gasteiger partial charge in [0.1, 0.15) is 11.6 Å². The molecule has 2 N–H and O–H groups in total. The van der Waals surface area contributed by atoms with Crippen LogP contribution in [0.5, 0.6) is 5.75 Å². The molecular formula is C14H15BrClN3O2. The Morgan fingerprint density at radius 1 is 1.48 bits per heavy atom. The third-order valence-corrected chi connectivity index (χ3v) is 3.71. The van der Waals surface area contributed by atoms with E-state index in [0.717, 1.165) is 0 Å². The first-order chi connectivity index (χ1) is 9.97. The topological polar surface area (TPSA) is 67.0 Å². The fourth-order valence-corrected chi connectivity index (χ4v) is 2.50. The van der Waals surface area contributed by atoms with Crippen molar-refractivity contribution < 1.29 is 9.53 Å². The number of aromatic amines is 1. The van der Waals surface area contributed by atoms with E-state index in [0.29, 0.717) is 21.1 Å². The van der Waals surface area contributed by atoms with Gasteiger partial charge in [0, 0.05) is 17.4 Å². The van der Waals surface area contributed by atoms with Crippen molar-refractivity contribution in [3.63, 3.8) is 0 Å². The van der Waals surface area contributed by atoms with E-state index in [9.17, 15) is 4.79 Å². The fraction of sp³-hybridized carbons (Fsp3) is 0.286. The van der Waals surface area contributed by atoms with Gasteiger partial charge < -0.3 is 15.0 Å². The number of amides is 1. The quantitative estimate of drug-likeness (QED) is 0.844. The van der Waals surface area contributed by atoms with Gasteiger partial charge in [-0.2, -0.15) is 0 Å². The number of nitrogens with zero attached hydrogens (tertiary/aromatic N) is 1. The maximum Gasteiger partial charge on any atom is 0.261 e. The maximum absolute atomic E-state index is 12.1. The minimum atomic E-state index is -0.639. The summed E-state index contributed by atoms with van der Waals surface area (Å²) >= 11 is 9.22. The van der Waals surface area contributed by atoms with Crippen LogP contribution in [-0.4, -0.2) is 22.0 Å². The summed E-state index contributed by atoms with van der Waals surface area (Å²) in [5.74, 6) is 1.04. The highest BCUT2D eigenvalue weighted by atomic mass is 79.9. The number of aromatic nitrogens is 2. The number of H-pyrrole nitrogens is 1. The minimum absolute atomic E-state index is 0.216.